The van der Waals surface area contributed by atoms with Gasteiger partial charge < -0.3 is 0 Å². The zero-order chi connectivity index (χ0) is 10.2. The van der Waals surface area contributed by atoms with Gasteiger partial charge in [0.05, 0.1) is 5.69 Å². The van der Waals surface area contributed by atoms with Crippen LogP contribution in [0.1, 0.15) is 12.0 Å². The summed E-state index contributed by atoms with van der Waals surface area (Å²) in [6, 6.07) is 5.05. The van der Waals surface area contributed by atoms with Gasteiger partial charge in [0.25, 0.3) is 0 Å². The molecule has 2 rings (SSSR count). The van der Waals surface area contributed by atoms with Crippen LogP contribution in [-0.2, 0) is 16.4 Å². The van der Waals surface area contributed by atoms with Gasteiger partial charge in [0.1, 0.15) is 4.90 Å². The van der Waals surface area contributed by atoms with Gasteiger partial charge in [-0.15, -0.1) is 0 Å². The summed E-state index contributed by atoms with van der Waals surface area (Å²) < 4.78 is 22.4. The Hall–Kier alpha value is -1.20. The molecule has 0 aliphatic carbocycles. The average Bonchev–Trinajstić information content (AvgIpc) is 2.15. The van der Waals surface area contributed by atoms with Crippen molar-refractivity contribution >= 4 is 21.9 Å². The van der Waals surface area contributed by atoms with Crippen LogP contribution in [0.4, 0.5) is 5.69 Å². The summed E-state index contributed by atoms with van der Waals surface area (Å²) in [6.07, 6.45) is 3.39. The number of hydrogen-bond donors (Lipinski definition) is 1. The van der Waals surface area contributed by atoms with Crippen LogP contribution in [0.2, 0.25) is 0 Å². The Morgan fingerprint density at radius 2 is 2.14 bits per heavy atom. The first-order valence-electron chi connectivity index (χ1n) is 4.26. The molecule has 1 heterocycles. The van der Waals surface area contributed by atoms with Crippen molar-refractivity contribution in [3.05, 3.63) is 23.8 Å². The number of aryl methyl sites for hydroxylation is 1. The van der Waals surface area contributed by atoms with E-state index in [0.717, 1.165) is 18.4 Å². The predicted molar refractivity (Wildman–Crippen MR) is 54.3 cm³/mol. The van der Waals surface area contributed by atoms with Crippen LogP contribution in [0, 0.1) is 0 Å². The topological polar surface area (TPSA) is 72.5 Å². The minimum Gasteiger partial charge on any atom is -0.260 e. The van der Waals surface area contributed by atoms with Crippen molar-refractivity contribution in [2.45, 2.75) is 17.7 Å². The molecule has 1 aliphatic heterocycles. The third kappa shape index (κ3) is 1.56. The third-order valence-corrected chi connectivity index (χ3v) is 3.09. The number of hydrogen-bond acceptors (Lipinski definition) is 3. The second-order valence-corrected chi connectivity index (χ2v) is 4.69. The Morgan fingerprint density at radius 1 is 1.36 bits per heavy atom. The molecule has 0 fully saturated rings. The maximum atomic E-state index is 11.2. The molecule has 2 N–H and O–H groups in total. The standard InChI is InChI=1S/C9H10N2O2S/c10-14(12,13)8-5-1-3-7-4-2-6-11-9(7)8/h1,3,5-6H,2,4H2,(H2,10,12,13). The quantitative estimate of drug-likeness (QED) is 0.750. The molecule has 0 aromatic heterocycles. The number of fused-ring (bicyclic) bond motifs is 1. The summed E-state index contributed by atoms with van der Waals surface area (Å²) in [5.41, 5.74) is 1.44. The van der Waals surface area contributed by atoms with Gasteiger partial charge in [0.15, 0.2) is 0 Å². The zero-order valence-electron chi connectivity index (χ0n) is 7.47. The van der Waals surface area contributed by atoms with Crippen LogP contribution >= 0.6 is 0 Å². The summed E-state index contributed by atoms with van der Waals surface area (Å²) in [6.45, 7) is 0. The molecule has 0 amide bonds. The van der Waals surface area contributed by atoms with Gasteiger partial charge in [-0.3, -0.25) is 4.99 Å². The number of aliphatic imine (C=N–C) groups is 1. The lowest BCUT2D eigenvalue weighted by molar-refractivity contribution is 0.598. The highest BCUT2D eigenvalue weighted by Gasteiger charge is 2.17. The first-order valence-corrected chi connectivity index (χ1v) is 5.81. The maximum absolute atomic E-state index is 11.2. The number of nitrogens with zero attached hydrogens (tertiary/aromatic N) is 1. The molecule has 1 aliphatic rings. The molecule has 0 atom stereocenters. The first-order chi connectivity index (χ1) is 6.59. The minimum atomic E-state index is -3.66. The summed E-state index contributed by atoms with van der Waals surface area (Å²) in [4.78, 5) is 4.19. The van der Waals surface area contributed by atoms with Crippen molar-refractivity contribution in [1.29, 1.82) is 0 Å². The van der Waals surface area contributed by atoms with Crippen molar-refractivity contribution in [2.24, 2.45) is 10.1 Å². The van der Waals surface area contributed by atoms with Gasteiger partial charge in [-0.2, -0.15) is 0 Å². The van der Waals surface area contributed by atoms with Gasteiger partial charge >= 0.3 is 0 Å². The maximum Gasteiger partial charge on any atom is 0.240 e. The van der Waals surface area contributed by atoms with Gasteiger partial charge in [-0.25, -0.2) is 13.6 Å². The molecular formula is C9H10N2O2S. The molecule has 74 valence electrons. The molecular weight excluding hydrogens is 200 g/mol. The molecule has 0 bridgehead atoms. The average molecular weight is 210 g/mol. The van der Waals surface area contributed by atoms with Crippen LogP contribution in [0.3, 0.4) is 0 Å². The molecule has 1 aromatic carbocycles. The molecule has 0 saturated heterocycles. The van der Waals surface area contributed by atoms with Crippen molar-refractivity contribution in [3.8, 4) is 0 Å². The van der Waals surface area contributed by atoms with Crippen molar-refractivity contribution < 1.29 is 8.42 Å². The first kappa shape index (κ1) is 9.36. The zero-order valence-corrected chi connectivity index (χ0v) is 8.29. The summed E-state index contributed by atoms with van der Waals surface area (Å²) >= 11 is 0. The van der Waals surface area contributed by atoms with E-state index in [0.29, 0.717) is 5.69 Å². The number of primary sulfonamides is 1. The molecule has 14 heavy (non-hydrogen) atoms. The largest absolute Gasteiger partial charge is 0.260 e. The number of rotatable bonds is 1. The Kier molecular flexibility index (Phi) is 2.13. The Morgan fingerprint density at radius 3 is 2.86 bits per heavy atom. The molecule has 0 spiro atoms. The Bertz CT molecular complexity index is 492. The lowest BCUT2D eigenvalue weighted by Crippen LogP contribution is -2.13. The number of benzene rings is 1. The van der Waals surface area contributed by atoms with Gasteiger partial charge in [-0.1, -0.05) is 12.1 Å². The smallest absolute Gasteiger partial charge is 0.240 e. The number of sulfonamides is 1. The Labute approximate surface area is 82.5 Å². The molecule has 1 aromatic rings. The van der Waals surface area contributed by atoms with E-state index in [1.54, 1.807) is 12.3 Å². The fraction of sp³-hybridized carbons (Fsp3) is 0.222. The van der Waals surface area contributed by atoms with E-state index < -0.39 is 10.0 Å². The highest BCUT2D eigenvalue weighted by atomic mass is 32.2. The van der Waals surface area contributed by atoms with E-state index in [4.69, 9.17) is 5.14 Å². The van der Waals surface area contributed by atoms with Gasteiger partial charge in [-0.05, 0) is 24.5 Å². The third-order valence-electron chi connectivity index (χ3n) is 2.15. The van der Waals surface area contributed by atoms with Crippen LogP contribution in [0.15, 0.2) is 28.1 Å². The SMILES string of the molecule is NS(=O)(=O)c1cccc2c1N=CCC2. The lowest BCUT2D eigenvalue weighted by atomic mass is 10.1. The van der Waals surface area contributed by atoms with Crippen LogP contribution in [0.5, 0.6) is 0 Å². The van der Waals surface area contributed by atoms with Crippen LogP contribution in [0.25, 0.3) is 0 Å². The highest BCUT2D eigenvalue weighted by Crippen LogP contribution is 2.30. The molecule has 0 saturated carbocycles. The van der Waals surface area contributed by atoms with E-state index in [1.165, 1.54) is 6.07 Å². The van der Waals surface area contributed by atoms with Crippen LogP contribution < -0.4 is 5.14 Å². The molecule has 4 nitrogen and oxygen atoms in total. The fourth-order valence-electron chi connectivity index (χ4n) is 1.52. The Balaban J connectivity index is 2.71. The van der Waals surface area contributed by atoms with E-state index in [2.05, 4.69) is 4.99 Å². The van der Waals surface area contributed by atoms with Gasteiger partial charge in [0.2, 0.25) is 10.0 Å². The second kappa shape index (κ2) is 3.18. The minimum absolute atomic E-state index is 0.117. The van der Waals surface area contributed by atoms with E-state index in [-0.39, 0.29) is 4.90 Å². The summed E-state index contributed by atoms with van der Waals surface area (Å²) in [5.74, 6) is 0. The van der Waals surface area contributed by atoms with Crippen molar-refractivity contribution in [1.82, 2.24) is 0 Å². The normalized spacial score (nSPS) is 15.2. The summed E-state index contributed by atoms with van der Waals surface area (Å²) in [5, 5.41) is 5.08. The van der Waals surface area contributed by atoms with E-state index in [9.17, 15) is 8.42 Å². The van der Waals surface area contributed by atoms with E-state index in [1.807, 2.05) is 6.07 Å². The molecule has 0 unspecified atom stereocenters. The summed E-state index contributed by atoms with van der Waals surface area (Å²) in [7, 11) is -3.66. The lowest BCUT2D eigenvalue weighted by Gasteiger charge is -2.12. The fourth-order valence-corrected chi connectivity index (χ4v) is 2.24. The predicted octanol–water partition coefficient (Wildman–Crippen LogP) is 0.983. The van der Waals surface area contributed by atoms with E-state index >= 15 is 0 Å². The second-order valence-electron chi connectivity index (χ2n) is 3.16. The highest BCUT2D eigenvalue weighted by molar-refractivity contribution is 7.89. The monoisotopic (exact) mass is 210 g/mol. The molecule has 0 radical (unpaired) electrons. The number of nitrogens with two attached hydrogens (primary N) is 1. The van der Waals surface area contributed by atoms with Gasteiger partial charge in [0, 0.05) is 6.21 Å². The molecule has 5 heteroatoms. The van der Waals surface area contributed by atoms with Crippen molar-refractivity contribution in [2.75, 3.05) is 0 Å². The van der Waals surface area contributed by atoms with Crippen molar-refractivity contribution in [3.63, 3.8) is 0 Å². The van der Waals surface area contributed by atoms with Crippen LogP contribution in [-0.4, -0.2) is 14.6 Å². The number of para-hydroxylation sites is 1.